The maximum Gasteiger partial charge on any atom is 0.357 e. The predicted octanol–water partition coefficient (Wildman–Crippen LogP) is 3.28. The standard InChI is InChI=1S/C18H15Br2N5O5S/c1-2-30-18(27)16-15(17(26)25(24-16)10-6-4-3-5-7-10)23-22-14-12(19)8-11(9-13(14)20)31(21,28)29/h3-9,15H,2H2,1H3,(H2,21,28,29)/t15-/m1/s1. The second-order valence-corrected chi connectivity index (χ2v) is 9.36. The Morgan fingerprint density at radius 2 is 1.84 bits per heavy atom. The molecule has 0 unspecified atom stereocenters. The number of carbonyl (C=O) groups is 2. The lowest BCUT2D eigenvalue weighted by molar-refractivity contribution is -0.135. The number of hydrazone groups is 1. The predicted molar refractivity (Wildman–Crippen MR) is 120 cm³/mol. The summed E-state index contributed by atoms with van der Waals surface area (Å²) >= 11 is 6.42. The van der Waals surface area contributed by atoms with E-state index in [0.717, 1.165) is 5.01 Å². The van der Waals surface area contributed by atoms with Gasteiger partial charge in [0.1, 0.15) is 5.69 Å². The van der Waals surface area contributed by atoms with Crippen molar-refractivity contribution in [3.8, 4) is 0 Å². The fourth-order valence-electron chi connectivity index (χ4n) is 2.58. The minimum atomic E-state index is -3.94. The van der Waals surface area contributed by atoms with Crippen molar-refractivity contribution in [3.63, 3.8) is 0 Å². The molecule has 13 heteroatoms. The van der Waals surface area contributed by atoms with Gasteiger partial charge in [-0.15, -0.1) is 0 Å². The van der Waals surface area contributed by atoms with Crippen LogP contribution >= 0.6 is 31.9 Å². The molecular formula is C18H15Br2N5O5S. The number of hydrogen-bond donors (Lipinski definition) is 1. The SMILES string of the molecule is CCOC(=O)C1=NN(c2ccccc2)C(=O)[C@@H]1N=Nc1c(Br)cc(S(N)(=O)=O)cc1Br. The number of benzene rings is 2. The van der Waals surface area contributed by atoms with Gasteiger partial charge in [-0.05, 0) is 63.0 Å². The number of anilines is 1. The highest BCUT2D eigenvalue weighted by Crippen LogP contribution is 2.36. The number of carbonyl (C=O) groups excluding carboxylic acids is 2. The van der Waals surface area contributed by atoms with Gasteiger partial charge in [0, 0.05) is 8.95 Å². The molecule has 0 aromatic heterocycles. The van der Waals surface area contributed by atoms with Crippen molar-refractivity contribution in [2.75, 3.05) is 11.6 Å². The number of para-hydroxylation sites is 1. The fraction of sp³-hybridized carbons (Fsp3) is 0.167. The maximum atomic E-state index is 12.9. The van der Waals surface area contributed by atoms with E-state index >= 15 is 0 Å². The van der Waals surface area contributed by atoms with Gasteiger partial charge in [0.25, 0.3) is 5.91 Å². The summed E-state index contributed by atoms with van der Waals surface area (Å²) in [5.74, 6) is -1.38. The summed E-state index contributed by atoms with van der Waals surface area (Å²) in [5, 5.41) is 18.4. The van der Waals surface area contributed by atoms with E-state index < -0.39 is 27.9 Å². The molecule has 2 N–H and O–H groups in total. The van der Waals surface area contributed by atoms with Crippen LogP contribution in [0.25, 0.3) is 0 Å². The maximum absolute atomic E-state index is 12.9. The normalized spacial score (nSPS) is 16.6. The molecule has 0 aliphatic carbocycles. The smallest absolute Gasteiger partial charge is 0.357 e. The summed E-state index contributed by atoms with van der Waals surface area (Å²) in [7, 11) is -3.94. The van der Waals surface area contributed by atoms with Crippen molar-refractivity contribution in [2.24, 2.45) is 20.5 Å². The first-order chi connectivity index (χ1) is 14.6. The first-order valence-electron chi connectivity index (χ1n) is 8.70. The fourth-order valence-corrected chi connectivity index (χ4v) is 4.79. The molecule has 10 nitrogen and oxygen atoms in total. The van der Waals surface area contributed by atoms with Crippen LogP contribution in [0, 0.1) is 0 Å². The van der Waals surface area contributed by atoms with E-state index in [-0.39, 0.29) is 31.8 Å². The molecule has 2 aromatic carbocycles. The zero-order chi connectivity index (χ0) is 22.8. The first-order valence-corrected chi connectivity index (χ1v) is 11.8. The van der Waals surface area contributed by atoms with Gasteiger partial charge in [-0.2, -0.15) is 20.3 Å². The average Bonchev–Trinajstić information content (AvgIpc) is 3.04. The van der Waals surface area contributed by atoms with Crippen LogP contribution in [0.5, 0.6) is 0 Å². The molecular weight excluding hydrogens is 558 g/mol. The summed E-state index contributed by atoms with van der Waals surface area (Å²) in [6.07, 6.45) is 0. The zero-order valence-electron chi connectivity index (χ0n) is 15.9. The lowest BCUT2D eigenvalue weighted by Gasteiger charge is -2.11. The molecule has 1 heterocycles. The molecule has 1 atom stereocenters. The number of rotatable bonds is 6. The van der Waals surface area contributed by atoms with Crippen LogP contribution in [0.2, 0.25) is 0 Å². The van der Waals surface area contributed by atoms with E-state index in [1.165, 1.54) is 12.1 Å². The molecule has 0 spiro atoms. The molecule has 0 bridgehead atoms. The van der Waals surface area contributed by atoms with Crippen LogP contribution in [0.15, 0.2) is 71.6 Å². The van der Waals surface area contributed by atoms with Crippen LogP contribution in [0.3, 0.4) is 0 Å². The summed E-state index contributed by atoms with van der Waals surface area (Å²) in [6, 6.07) is 9.69. The minimum absolute atomic E-state index is 0.0906. The van der Waals surface area contributed by atoms with Crippen molar-refractivity contribution in [1.29, 1.82) is 0 Å². The Hall–Kier alpha value is -2.48. The van der Waals surface area contributed by atoms with Crippen LogP contribution in [-0.2, 0) is 24.3 Å². The number of primary sulfonamides is 1. The van der Waals surface area contributed by atoms with Crippen LogP contribution in [-0.4, -0.2) is 38.7 Å². The Balaban J connectivity index is 1.99. The van der Waals surface area contributed by atoms with Gasteiger partial charge >= 0.3 is 5.97 Å². The number of halogens is 2. The van der Waals surface area contributed by atoms with Gasteiger partial charge < -0.3 is 4.74 Å². The van der Waals surface area contributed by atoms with Gasteiger partial charge in [0.2, 0.25) is 16.1 Å². The number of hydrogen-bond acceptors (Lipinski definition) is 8. The number of sulfonamides is 1. The molecule has 0 saturated heterocycles. The van der Waals surface area contributed by atoms with Crippen molar-refractivity contribution in [3.05, 3.63) is 51.4 Å². The minimum Gasteiger partial charge on any atom is -0.461 e. The topological polar surface area (TPSA) is 144 Å². The Morgan fingerprint density at radius 3 is 2.39 bits per heavy atom. The van der Waals surface area contributed by atoms with Crippen molar-refractivity contribution in [2.45, 2.75) is 17.9 Å². The highest BCUT2D eigenvalue weighted by Gasteiger charge is 2.41. The average molecular weight is 573 g/mol. The third-order valence-electron chi connectivity index (χ3n) is 3.99. The molecule has 0 fully saturated rings. The van der Waals surface area contributed by atoms with E-state index in [1.54, 1.807) is 37.3 Å². The molecule has 0 radical (unpaired) electrons. The molecule has 31 heavy (non-hydrogen) atoms. The van der Waals surface area contributed by atoms with Gasteiger partial charge in [0.15, 0.2) is 5.71 Å². The van der Waals surface area contributed by atoms with Crippen molar-refractivity contribution in [1.82, 2.24) is 0 Å². The van der Waals surface area contributed by atoms with E-state index in [0.29, 0.717) is 5.69 Å². The van der Waals surface area contributed by atoms with Gasteiger partial charge in [-0.3, -0.25) is 4.79 Å². The van der Waals surface area contributed by atoms with Crippen LogP contribution < -0.4 is 10.1 Å². The molecule has 2 aromatic rings. The molecule has 162 valence electrons. The first kappa shape index (κ1) is 23.2. The largest absolute Gasteiger partial charge is 0.461 e. The van der Waals surface area contributed by atoms with E-state index in [4.69, 9.17) is 9.88 Å². The molecule has 1 aliphatic rings. The van der Waals surface area contributed by atoms with E-state index in [1.807, 2.05) is 0 Å². The van der Waals surface area contributed by atoms with Crippen molar-refractivity contribution >= 4 is 70.8 Å². The van der Waals surface area contributed by atoms with Gasteiger partial charge in [0.05, 0.1) is 17.2 Å². The molecule has 1 aliphatic heterocycles. The Morgan fingerprint density at radius 1 is 1.23 bits per heavy atom. The van der Waals surface area contributed by atoms with Crippen LogP contribution in [0.1, 0.15) is 6.92 Å². The molecule has 3 rings (SSSR count). The monoisotopic (exact) mass is 571 g/mol. The quantitative estimate of drug-likeness (QED) is 0.417. The molecule has 1 amide bonds. The summed E-state index contributed by atoms with van der Waals surface area (Å²) in [5.41, 5.74) is 0.432. The highest BCUT2D eigenvalue weighted by molar-refractivity contribution is 9.11. The van der Waals surface area contributed by atoms with Gasteiger partial charge in [-0.1, -0.05) is 18.2 Å². The Kier molecular flexibility index (Phi) is 6.99. The Labute approximate surface area is 194 Å². The Bertz CT molecular complexity index is 1180. The highest BCUT2D eigenvalue weighted by atomic mass is 79.9. The number of amides is 1. The number of ether oxygens (including phenoxy) is 1. The second kappa shape index (κ2) is 9.34. The second-order valence-electron chi connectivity index (χ2n) is 6.09. The summed E-state index contributed by atoms with van der Waals surface area (Å²) in [6.45, 7) is 1.72. The van der Waals surface area contributed by atoms with Gasteiger partial charge in [-0.25, -0.2) is 18.4 Å². The number of azo groups is 1. The number of nitrogens with two attached hydrogens (primary N) is 1. The molecule has 0 saturated carbocycles. The lowest BCUT2D eigenvalue weighted by atomic mass is 10.2. The third-order valence-corrected chi connectivity index (χ3v) is 6.09. The zero-order valence-corrected chi connectivity index (χ0v) is 19.9. The number of esters is 1. The van der Waals surface area contributed by atoms with Crippen LogP contribution in [0.4, 0.5) is 11.4 Å². The van der Waals surface area contributed by atoms with Crippen molar-refractivity contribution < 1.29 is 22.7 Å². The number of nitrogens with zero attached hydrogens (tertiary/aromatic N) is 4. The third kappa shape index (κ3) is 5.06. The lowest BCUT2D eigenvalue weighted by Crippen LogP contribution is -2.33. The summed E-state index contributed by atoms with van der Waals surface area (Å²) < 4.78 is 28.7. The summed E-state index contributed by atoms with van der Waals surface area (Å²) in [4.78, 5) is 25.1. The van der Waals surface area contributed by atoms with E-state index in [2.05, 4.69) is 47.2 Å². The van der Waals surface area contributed by atoms with E-state index in [9.17, 15) is 18.0 Å².